The highest BCUT2D eigenvalue weighted by atomic mass is 35.5. The van der Waals surface area contributed by atoms with Gasteiger partial charge >= 0.3 is 0 Å². The van der Waals surface area contributed by atoms with Crippen molar-refractivity contribution in [2.75, 3.05) is 13.2 Å². The summed E-state index contributed by atoms with van der Waals surface area (Å²) in [5, 5.41) is 6.15. The largest absolute Gasteiger partial charge is 0.382 e. The van der Waals surface area contributed by atoms with Crippen molar-refractivity contribution in [1.82, 2.24) is 4.90 Å². The summed E-state index contributed by atoms with van der Waals surface area (Å²) in [5.41, 5.74) is 0.786. The first-order chi connectivity index (χ1) is 12.7. The van der Waals surface area contributed by atoms with Crippen molar-refractivity contribution in [1.29, 1.82) is 0 Å². The molecule has 1 saturated heterocycles. The van der Waals surface area contributed by atoms with E-state index in [9.17, 15) is 4.79 Å². The van der Waals surface area contributed by atoms with Crippen molar-refractivity contribution in [3.05, 3.63) is 43.7 Å². The molecule has 5 nitrogen and oxygen atoms in total. The molecule has 2 aromatic heterocycles. The first kappa shape index (κ1) is 18.0. The van der Waals surface area contributed by atoms with Gasteiger partial charge in [0.1, 0.15) is 5.71 Å². The Morgan fingerprint density at radius 2 is 2.31 bits per heavy atom. The third-order valence-corrected chi connectivity index (χ3v) is 6.63. The molecule has 4 heterocycles. The van der Waals surface area contributed by atoms with Gasteiger partial charge in [0.25, 0.3) is 5.91 Å². The van der Waals surface area contributed by atoms with Crippen molar-refractivity contribution in [2.45, 2.75) is 38.0 Å². The van der Waals surface area contributed by atoms with Crippen LogP contribution >= 0.6 is 34.3 Å². The van der Waals surface area contributed by atoms with Crippen LogP contribution in [0, 0.1) is 0 Å². The topological polar surface area (TPSA) is 51.1 Å². The number of rotatable bonds is 6. The first-order valence-electron chi connectivity index (χ1n) is 8.60. The predicted molar refractivity (Wildman–Crippen MR) is 104 cm³/mol. The van der Waals surface area contributed by atoms with Gasteiger partial charge < -0.3 is 14.5 Å². The third-order valence-electron chi connectivity index (χ3n) is 4.49. The average molecular weight is 411 g/mol. The Kier molecular flexibility index (Phi) is 5.59. The van der Waals surface area contributed by atoms with Crippen LogP contribution in [0.3, 0.4) is 0 Å². The fraction of sp³-hybridized carbons (Fsp3) is 0.444. The molecule has 2 unspecified atom stereocenters. The second-order valence-electron chi connectivity index (χ2n) is 6.37. The number of nitrogens with zero attached hydrogens (tertiary/aromatic N) is 2. The van der Waals surface area contributed by atoms with Gasteiger partial charge in [-0.25, -0.2) is 0 Å². The lowest BCUT2D eigenvalue weighted by Gasteiger charge is -2.26. The maximum absolute atomic E-state index is 13.1. The van der Waals surface area contributed by atoms with Crippen LogP contribution in [0.5, 0.6) is 0 Å². The maximum Gasteiger partial charge on any atom is 0.267 e. The highest BCUT2D eigenvalue weighted by Crippen LogP contribution is 2.27. The zero-order valence-corrected chi connectivity index (χ0v) is 16.5. The quantitative estimate of drug-likeness (QED) is 0.718. The van der Waals surface area contributed by atoms with Crippen LogP contribution in [-0.2, 0) is 20.9 Å². The van der Waals surface area contributed by atoms with Crippen LogP contribution < -0.4 is 0 Å². The van der Waals surface area contributed by atoms with Crippen molar-refractivity contribution >= 4 is 45.9 Å². The molecule has 2 aliphatic rings. The smallest absolute Gasteiger partial charge is 0.267 e. The Morgan fingerprint density at radius 1 is 1.38 bits per heavy atom. The second-order valence-corrected chi connectivity index (χ2v) is 9.12. The molecule has 2 aromatic rings. The van der Waals surface area contributed by atoms with E-state index in [1.807, 2.05) is 34.5 Å². The van der Waals surface area contributed by atoms with E-state index in [4.69, 9.17) is 21.2 Å². The lowest BCUT2D eigenvalue weighted by molar-refractivity contribution is -0.144. The highest BCUT2D eigenvalue weighted by Gasteiger charge is 2.34. The summed E-state index contributed by atoms with van der Waals surface area (Å²) < 4.78 is 6.44. The lowest BCUT2D eigenvalue weighted by Crippen LogP contribution is -2.42. The zero-order valence-electron chi connectivity index (χ0n) is 14.1. The molecule has 1 fully saturated rings. The number of hydrogen-bond acceptors (Lipinski definition) is 6. The van der Waals surface area contributed by atoms with Crippen LogP contribution in [0.2, 0.25) is 4.34 Å². The summed E-state index contributed by atoms with van der Waals surface area (Å²) in [4.78, 5) is 22.5. The number of amides is 1. The van der Waals surface area contributed by atoms with Crippen molar-refractivity contribution in [3.8, 4) is 0 Å². The molecule has 0 N–H and O–H groups in total. The van der Waals surface area contributed by atoms with E-state index in [0.717, 1.165) is 34.9 Å². The minimum absolute atomic E-state index is 0.0321. The van der Waals surface area contributed by atoms with E-state index < -0.39 is 6.10 Å². The molecule has 0 aromatic carbocycles. The Morgan fingerprint density at radius 3 is 3.00 bits per heavy atom. The van der Waals surface area contributed by atoms with Gasteiger partial charge in [0, 0.05) is 24.4 Å². The zero-order chi connectivity index (χ0) is 17.9. The molecule has 26 heavy (non-hydrogen) atoms. The molecular formula is C18H19ClN2O3S2. The number of thiophene rings is 2. The Bertz CT molecular complexity index is 784. The molecule has 2 atom stereocenters. The van der Waals surface area contributed by atoms with Gasteiger partial charge in [0.2, 0.25) is 6.10 Å². The normalized spacial score (nSPS) is 22.3. The summed E-state index contributed by atoms with van der Waals surface area (Å²) in [7, 11) is 0. The summed E-state index contributed by atoms with van der Waals surface area (Å²) in [6, 6.07) is 7.80. The molecule has 8 heteroatoms. The molecule has 0 aliphatic carbocycles. The lowest BCUT2D eigenvalue weighted by atomic mass is 10.1. The first-order valence-corrected chi connectivity index (χ1v) is 10.7. The summed E-state index contributed by atoms with van der Waals surface area (Å²) in [6.45, 7) is 1.95. The van der Waals surface area contributed by atoms with Crippen LogP contribution in [0.1, 0.15) is 29.0 Å². The Hall–Kier alpha value is -1.41. The van der Waals surface area contributed by atoms with Crippen LogP contribution in [0.4, 0.5) is 0 Å². The SMILES string of the molecule is O=C(C1CC(c2ccc(Cl)s2)=NO1)N(Cc1cccs1)CC1CCCO1. The Balaban J connectivity index is 1.43. The van der Waals surface area contributed by atoms with Gasteiger partial charge in [-0.1, -0.05) is 22.8 Å². The second kappa shape index (κ2) is 8.08. The molecule has 4 rings (SSSR count). The van der Waals surface area contributed by atoms with Crippen LogP contribution in [0.15, 0.2) is 34.8 Å². The van der Waals surface area contributed by atoms with Crippen molar-refractivity contribution < 1.29 is 14.4 Å². The molecule has 138 valence electrons. The minimum Gasteiger partial charge on any atom is -0.382 e. The number of carbonyl (C=O) groups is 1. The summed E-state index contributed by atoms with van der Waals surface area (Å²) in [6.07, 6.45) is 2.05. The van der Waals surface area contributed by atoms with Gasteiger partial charge in [-0.3, -0.25) is 4.79 Å². The van der Waals surface area contributed by atoms with E-state index >= 15 is 0 Å². The molecule has 0 radical (unpaired) electrons. The van der Waals surface area contributed by atoms with Gasteiger partial charge in [0.15, 0.2) is 0 Å². The summed E-state index contributed by atoms with van der Waals surface area (Å²) >= 11 is 9.10. The van der Waals surface area contributed by atoms with Crippen LogP contribution in [-0.4, -0.2) is 41.9 Å². The number of hydrogen-bond donors (Lipinski definition) is 0. The molecule has 2 aliphatic heterocycles. The number of oxime groups is 1. The van der Waals surface area contributed by atoms with E-state index in [2.05, 4.69) is 5.16 Å². The van der Waals surface area contributed by atoms with E-state index in [0.29, 0.717) is 23.8 Å². The van der Waals surface area contributed by atoms with Gasteiger partial charge in [-0.05, 0) is 36.4 Å². The standard InChI is InChI=1S/C18H19ClN2O3S2/c19-17-6-5-16(26-17)14-9-15(24-20-14)18(22)21(10-12-3-1-7-23-12)11-13-4-2-8-25-13/h2,4-6,8,12,15H,1,3,7,9-11H2. The van der Waals surface area contributed by atoms with E-state index in [-0.39, 0.29) is 12.0 Å². The molecular weight excluding hydrogens is 392 g/mol. The number of halogens is 1. The monoisotopic (exact) mass is 410 g/mol. The predicted octanol–water partition coefficient (Wildman–Crippen LogP) is 4.16. The minimum atomic E-state index is -0.577. The molecule has 0 spiro atoms. The third kappa shape index (κ3) is 4.11. The van der Waals surface area contributed by atoms with Gasteiger partial charge in [-0.2, -0.15) is 0 Å². The van der Waals surface area contributed by atoms with Gasteiger partial charge in [-0.15, -0.1) is 22.7 Å². The number of ether oxygens (including phenoxy) is 1. The molecule has 0 saturated carbocycles. The van der Waals surface area contributed by atoms with E-state index in [1.54, 1.807) is 11.3 Å². The van der Waals surface area contributed by atoms with Crippen LogP contribution in [0.25, 0.3) is 0 Å². The van der Waals surface area contributed by atoms with Crippen molar-refractivity contribution in [2.24, 2.45) is 5.16 Å². The Labute approximate surface area is 165 Å². The van der Waals surface area contributed by atoms with Gasteiger partial charge in [0.05, 0.1) is 21.9 Å². The highest BCUT2D eigenvalue weighted by molar-refractivity contribution is 7.18. The molecule has 0 bridgehead atoms. The number of carbonyl (C=O) groups excluding carboxylic acids is 1. The fourth-order valence-corrected chi connectivity index (χ4v) is 4.94. The summed E-state index contributed by atoms with van der Waals surface area (Å²) in [5.74, 6) is -0.0321. The molecule has 1 amide bonds. The van der Waals surface area contributed by atoms with Crippen molar-refractivity contribution in [3.63, 3.8) is 0 Å². The average Bonchev–Trinajstić information content (AvgIpc) is 3.41. The van der Waals surface area contributed by atoms with E-state index in [1.165, 1.54) is 11.3 Å². The fourth-order valence-electron chi connectivity index (χ4n) is 3.19. The maximum atomic E-state index is 13.1.